The molecule has 0 unspecified atom stereocenters. The van der Waals surface area contributed by atoms with Gasteiger partial charge in [-0.15, -0.1) is 0 Å². The third-order valence-corrected chi connectivity index (χ3v) is 4.92. The Bertz CT molecular complexity index is 467. The number of carbonyl (C=O) groups excluding carboxylic acids is 1. The van der Waals surface area contributed by atoms with E-state index in [-0.39, 0.29) is 6.03 Å². The standard InChI is InChI=1S/C15H22N4OS/c20-15(19-7-9-21-10-8-19)17-12-13-3-4-14(16-11-13)18-5-1-2-6-18/h3-4,11H,1-2,5-10,12H2,(H,17,20). The predicted octanol–water partition coefficient (Wildman–Crippen LogP) is 1.94. The summed E-state index contributed by atoms with van der Waals surface area (Å²) in [5.41, 5.74) is 1.05. The molecule has 3 rings (SSSR count). The van der Waals surface area contributed by atoms with Crippen molar-refractivity contribution in [3.63, 3.8) is 0 Å². The van der Waals surface area contributed by atoms with Crippen molar-refractivity contribution >= 4 is 23.6 Å². The van der Waals surface area contributed by atoms with Gasteiger partial charge in [-0.1, -0.05) is 6.07 Å². The van der Waals surface area contributed by atoms with Crippen LogP contribution in [-0.4, -0.2) is 53.6 Å². The summed E-state index contributed by atoms with van der Waals surface area (Å²) in [4.78, 5) is 20.7. The second-order valence-electron chi connectivity index (χ2n) is 5.48. The van der Waals surface area contributed by atoms with Gasteiger partial charge < -0.3 is 15.1 Å². The van der Waals surface area contributed by atoms with Gasteiger partial charge in [0, 0.05) is 50.4 Å². The van der Waals surface area contributed by atoms with Crippen LogP contribution in [0.2, 0.25) is 0 Å². The van der Waals surface area contributed by atoms with Crippen molar-refractivity contribution in [3.8, 4) is 0 Å². The van der Waals surface area contributed by atoms with Crippen molar-refractivity contribution in [2.75, 3.05) is 42.6 Å². The van der Waals surface area contributed by atoms with E-state index < -0.39 is 0 Å². The Morgan fingerprint density at radius 1 is 1.19 bits per heavy atom. The smallest absolute Gasteiger partial charge is 0.317 e. The molecule has 2 aliphatic heterocycles. The van der Waals surface area contributed by atoms with E-state index in [1.54, 1.807) is 0 Å². The quantitative estimate of drug-likeness (QED) is 0.927. The summed E-state index contributed by atoms with van der Waals surface area (Å²) in [5.74, 6) is 3.13. The minimum atomic E-state index is 0.0407. The van der Waals surface area contributed by atoms with E-state index in [1.165, 1.54) is 12.8 Å². The topological polar surface area (TPSA) is 48.5 Å². The van der Waals surface area contributed by atoms with E-state index >= 15 is 0 Å². The highest BCUT2D eigenvalue weighted by atomic mass is 32.2. The third kappa shape index (κ3) is 3.81. The summed E-state index contributed by atoms with van der Waals surface area (Å²) in [6.45, 7) is 4.47. The number of carbonyl (C=O) groups is 1. The molecule has 5 nitrogen and oxygen atoms in total. The lowest BCUT2D eigenvalue weighted by molar-refractivity contribution is 0.202. The van der Waals surface area contributed by atoms with Crippen molar-refractivity contribution in [3.05, 3.63) is 23.9 Å². The fraction of sp³-hybridized carbons (Fsp3) is 0.600. The molecule has 1 N–H and O–H groups in total. The molecule has 0 aliphatic carbocycles. The maximum atomic E-state index is 12.0. The van der Waals surface area contributed by atoms with Gasteiger partial charge in [0.05, 0.1) is 0 Å². The summed E-state index contributed by atoms with van der Waals surface area (Å²) < 4.78 is 0. The average Bonchev–Trinajstić information content (AvgIpc) is 3.08. The summed E-state index contributed by atoms with van der Waals surface area (Å²) in [6, 6.07) is 4.16. The fourth-order valence-corrected chi connectivity index (χ4v) is 3.61. The minimum absolute atomic E-state index is 0.0407. The second kappa shape index (κ2) is 7.02. The Morgan fingerprint density at radius 3 is 2.62 bits per heavy atom. The Kier molecular flexibility index (Phi) is 4.85. The molecule has 0 radical (unpaired) electrons. The molecule has 1 aromatic heterocycles. The molecule has 0 atom stereocenters. The summed E-state index contributed by atoms with van der Waals surface area (Å²) >= 11 is 1.91. The van der Waals surface area contributed by atoms with Crippen LogP contribution in [0.4, 0.5) is 10.6 Å². The first-order chi connectivity index (χ1) is 10.3. The minimum Gasteiger partial charge on any atom is -0.357 e. The fourth-order valence-electron chi connectivity index (χ4n) is 2.71. The maximum Gasteiger partial charge on any atom is 0.317 e. The van der Waals surface area contributed by atoms with Crippen LogP contribution in [-0.2, 0) is 6.54 Å². The molecule has 0 saturated carbocycles. The van der Waals surface area contributed by atoms with E-state index in [0.717, 1.165) is 49.1 Å². The van der Waals surface area contributed by atoms with Crippen LogP contribution in [0.15, 0.2) is 18.3 Å². The number of nitrogens with zero attached hydrogens (tertiary/aromatic N) is 3. The zero-order valence-corrected chi connectivity index (χ0v) is 13.1. The monoisotopic (exact) mass is 306 g/mol. The lowest BCUT2D eigenvalue weighted by Crippen LogP contribution is -2.44. The highest BCUT2D eigenvalue weighted by Crippen LogP contribution is 2.17. The van der Waals surface area contributed by atoms with E-state index in [1.807, 2.05) is 22.9 Å². The first-order valence-electron chi connectivity index (χ1n) is 7.63. The lowest BCUT2D eigenvalue weighted by atomic mass is 10.3. The van der Waals surface area contributed by atoms with Crippen molar-refractivity contribution in [1.82, 2.24) is 15.2 Å². The van der Waals surface area contributed by atoms with Gasteiger partial charge in [-0.05, 0) is 24.5 Å². The van der Waals surface area contributed by atoms with Crippen molar-refractivity contribution in [2.45, 2.75) is 19.4 Å². The molecule has 6 heteroatoms. The Morgan fingerprint density at radius 2 is 1.95 bits per heavy atom. The van der Waals surface area contributed by atoms with Crippen LogP contribution in [0.1, 0.15) is 18.4 Å². The van der Waals surface area contributed by atoms with Gasteiger partial charge in [0.15, 0.2) is 0 Å². The molecule has 0 spiro atoms. The molecular weight excluding hydrogens is 284 g/mol. The summed E-state index contributed by atoms with van der Waals surface area (Å²) in [6.07, 6.45) is 4.39. The largest absolute Gasteiger partial charge is 0.357 e. The first kappa shape index (κ1) is 14.5. The molecule has 21 heavy (non-hydrogen) atoms. The van der Waals surface area contributed by atoms with Crippen LogP contribution in [0.5, 0.6) is 0 Å². The van der Waals surface area contributed by atoms with Crippen molar-refractivity contribution < 1.29 is 4.79 Å². The number of urea groups is 1. The van der Waals surface area contributed by atoms with Crippen molar-refractivity contribution in [1.29, 1.82) is 0 Å². The van der Waals surface area contributed by atoms with Crippen LogP contribution < -0.4 is 10.2 Å². The molecule has 114 valence electrons. The number of thioether (sulfide) groups is 1. The van der Waals surface area contributed by atoms with Gasteiger partial charge >= 0.3 is 6.03 Å². The molecule has 2 saturated heterocycles. The van der Waals surface area contributed by atoms with Crippen LogP contribution >= 0.6 is 11.8 Å². The van der Waals surface area contributed by atoms with Crippen LogP contribution in [0, 0.1) is 0 Å². The van der Waals surface area contributed by atoms with Gasteiger partial charge in [-0.3, -0.25) is 0 Å². The maximum absolute atomic E-state index is 12.0. The van der Waals surface area contributed by atoms with Crippen LogP contribution in [0.25, 0.3) is 0 Å². The normalized spacial score (nSPS) is 18.9. The average molecular weight is 306 g/mol. The SMILES string of the molecule is O=C(NCc1ccc(N2CCCC2)nc1)N1CCSCC1. The highest BCUT2D eigenvalue weighted by Gasteiger charge is 2.16. The van der Waals surface area contributed by atoms with Gasteiger partial charge in [0.1, 0.15) is 5.82 Å². The molecule has 0 aromatic carbocycles. The van der Waals surface area contributed by atoms with E-state index in [0.29, 0.717) is 6.54 Å². The molecule has 3 heterocycles. The number of hydrogen-bond donors (Lipinski definition) is 1. The molecule has 2 amide bonds. The first-order valence-corrected chi connectivity index (χ1v) is 8.79. The lowest BCUT2D eigenvalue weighted by Gasteiger charge is -2.26. The van der Waals surface area contributed by atoms with E-state index in [2.05, 4.69) is 27.3 Å². The van der Waals surface area contributed by atoms with Gasteiger partial charge in [0.2, 0.25) is 0 Å². The number of rotatable bonds is 3. The number of aromatic nitrogens is 1. The molecular formula is C15H22N4OS. The number of pyridine rings is 1. The van der Waals surface area contributed by atoms with E-state index in [9.17, 15) is 4.79 Å². The van der Waals surface area contributed by atoms with Gasteiger partial charge in [-0.25, -0.2) is 9.78 Å². The van der Waals surface area contributed by atoms with Crippen LogP contribution in [0.3, 0.4) is 0 Å². The summed E-state index contributed by atoms with van der Waals surface area (Å²) in [5, 5.41) is 2.98. The van der Waals surface area contributed by atoms with Gasteiger partial charge in [-0.2, -0.15) is 11.8 Å². The molecule has 0 bridgehead atoms. The Balaban J connectivity index is 1.49. The Labute approximate surface area is 130 Å². The molecule has 2 fully saturated rings. The summed E-state index contributed by atoms with van der Waals surface area (Å²) in [7, 11) is 0. The Hall–Kier alpha value is -1.43. The zero-order chi connectivity index (χ0) is 14.5. The third-order valence-electron chi connectivity index (χ3n) is 3.98. The molecule has 1 aromatic rings. The zero-order valence-electron chi connectivity index (χ0n) is 12.3. The number of nitrogens with one attached hydrogen (secondary N) is 1. The number of amides is 2. The van der Waals surface area contributed by atoms with E-state index in [4.69, 9.17) is 0 Å². The van der Waals surface area contributed by atoms with Gasteiger partial charge in [0.25, 0.3) is 0 Å². The second-order valence-corrected chi connectivity index (χ2v) is 6.70. The number of anilines is 1. The van der Waals surface area contributed by atoms with Crippen molar-refractivity contribution in [2.24, 2.45) is 0 Å². The number of hydrogen-bond acceptors (Lipinski definition) is 4. The molecule has 2 aliphatic rings. The highest BCUT2D eigenvalue weighted by molar-refractivity contribution is 7.99. The predicted molar refractivity (Wildman–Crippen MR) is 86.8 cm³/mol.